The normalized spacial score (nSPS) is 15.2. The van der Waals surface area contributed by atoms with Gasteiger partial charge in [0.15, 0.2) is 11.5 Å². The van der Waals surface area contributed by atoms with Crippen molar-refractivity contribution in [1.29, 1.82) is 0 Å². The fraction of sp³-hybridized carbons (Fsp3) is 0.179. The summed E-state index contributed by atoms with van der Waals surface area (Å²) in [6, 6.07) is 26.6. The van der Waals surface area contributed by atoms with Crippen LogP contribution in [0.5, 0.6) is 11.5 Å². The summed E-state index contributed by atoms with van der Waals surface area (Å²) >= 11 is 0. The molecule has 0 radical (unpaired) electrons. The molecule has 0 fully saturated rings. The van der Waals surface area contributed by atoms with Gasteiger partial charge in [-0.3, -0.25) is 4.79 Å². The van der Waals surface area contributed by atoms with E-state index in [9.17, 15) is 4.79 Å². The van der Waals surface area contributed by atoms with Crippen LogP contribution in [-0.2, 0) is 11.4 Å². The molecule has 0 aromatic heterocycles. The monoisotopic (exact) mass is 423 g/mol. The van der Waals surface area contributed by atoms with Gasteiger partial charge in [0, 0.05) is 18.0 Å². The van der Waals surface area contributed by atoms with E-state index in [1.54, 1.807) is 7.11 Å². The van der Waals surface area contributed by atoms with Gasteiger partial charge < -0.3 is 14.8 Å². The fourth-order valence-electron chi connectivity index (χ4n) is 4.42. The van der Waals surface area contributed by atoms with E-state index < -0.39 is 0 Å². The molecular weight excluding hydrogens is 398 g/mol. The van der Waals surface area contributed by atoms with Gasteiger partial charge >= 0.3 is 0 Å². The first kappa shape index (κ1) is 20.1. The van der Waals surface area contributed by atoms with E-state index in [0.29, 0.717) is 24.5 Å². The second-order valence-corrected chi connectivity index (χ2v) is 8.24. The number of carbonyl (C=O) groups is 1. The van der Waals surface area contributed by atoms with Crippen molar-refractivity contribution in [2.45, 2.75) is 25.9 Å². The Morgan fingerprint density at radius 2 is 1.75 bits per heavy atom. The van der Waals surface area contributed by atoms with Gasteiger partial charge in [-0.15, -0.1) is 0 Å². The average molecular weight is 424 g/mol. The third-order valence-electron chi connectivity index (χ3n) is 6.09. The maximum Gasteiger partial charge on any atom is 0.225 e. The Bertz CT molecular complexity index is 1290. The molecule has 0 saturated heterocycles. The molecule has 1 aliphatic rings. The lowest BCUT2D eigenvalue weighted by molar-refractivity contribution is -0.116. The first-order valence-electron chi connectivity index (χ1n) is 10.8. The lowest BCUT2D eigenvalue weighted by Gasteiger charge is -2.28. The van der Waals surface area contributed by atoms with Crippen molar-refractivity contribution in [2.75, 3.05) is 12.4 Å². The van der Waals surface area contributed by atoms with Crippen molar-refractivity contribution in [1.82, 2.24) is 0 Å². The maximum atomic E-state index is 12.5. The van der Waals surface area contributed by atoms with Crippen molar-refractivity contribution in [3.05, 3.63) is 101 Å². The number of nitrogens with one attached hydrogen (secondary N) is 1. The summed E-state index contributed by atoms with van der Waals surface area (Å²) < 4.78 is 11.7. The van der Waals surface area contributed by atoms with Crippen LogP contribution in [0.1, 0.15) is 34.6 Å². The lowest BCUT2D eigenvalue weighted by Crippen LogP contribution is -2.23. The van der Waals surface area contributed by atoms with Gasteiger partial charge in [0.25, 0.3) is 0 Å². The third kappa shape index (κ3) is 3.80. The van der Waals surface area contributed by atoms with Gasteiger partial charge in [-0.25, -0.2) is 0 Å². The molecule has 4 aromatic rings. The van der Waals surface area contributed by atoms with Gasteiger partial charge in [-0.1, -0.05) is 66.2 Å². The van der Waals surface area contributed by atoms with Crippen LogP contribution in [0, 0.1) is 6.92 Å². The number of amides is 1. The molecule has 1 heterocycles. The van der Waals surface area contributed by atoms with E-state index in [2.05, 4.69) is 54.7 Å². The van der Waals surface area contributed by atoms with Crippen LogP contribution < -0.4 is 14.8 Å². The fourth-order valence-corrected chi connectivity index (χ4v) is 4.42. The molecule has 1 aliphatic heterocycles. The van der Waals surface area contributed by atoms with E-state index in [-0.39, 0.29) is 11.8 Å². The minimum Gasteiger partial charge on any atom is -0.493 e. The van der Waals surface area contributed by atoms with Crippen molar-refractivity contribution in [2.24, 2.45) is 0 Å². The lowest BCUT2D eigenvalue weighted by atomic mass is 9.82. The predicted molar refractivity (Wildman–Crippen MR) is 128 cm³/mol. The summed E-state index contributed by atoms with van der Waals surface area (Å²) in [6.07, 6.45) is 0.397. The zero-order valence-electron chi connectivity index (χ0n) is 18.2. The molecule has 5 rings (SSSR count). The molecule has 1 amide bonds. The van der Waals surface area contributed by atoms with Gasteiger partial charge in [0.05, 0.1) is 7.11 Å². The van der Waals surface area contributed by atoms with Crippen LogP contribution in [0.3, 0.4) is 0 Å². The molecular formula is C28H25NO3. The summed E-state index contributed by atoms with van der Waals surface area (Å²) in [5, 5.41) is 5.36. The van der Waals surface area contributed by atoms with Crippen LogP contribution >= 0.6 is 0 Å². The zero-order chi connectivity index (χ0) is 22.1. The Balaban J connectivity index is 1.49. The van der Waals surface area contributed by atoms with Crippen LogP contribution in [0.4, 0.5) is 5.69 Å². The zero-order valence-corrected chi connectivity index (χ0v) is 18.2. The highest BCUT2D eigenvalue weighted by Gasteiger charge is 2.29. The van der Waals surface area contributed by atoms with E-state index in [0.717, 1.165) is 33.2 Å². The molecule has 1 atom stereocenters. The second-order valence-electron chi connectivity index (χ2n) is 8.24. The Labute approximate surface area is 187 Å². The van der Waals surface area contributed by atoms with E-state index in [1.807, 2.05) is 36.4 Å². The van der Waals surface area contributed by atoms with E-state index in [4.69, 9.17) is 9.47 Å². The molecule has 1 unspecified atom stereocenters. The van der Waals surface area contributed by atoms with Gasteiger partial charge in [0.2, 0.25) is 5.91 Å². The molecule has 0 aliphatic carbocycles. The number of hydrogen-bond donors (Lipinski definition) is 1. The molecule has 0 bridgehead atoms. The topological polar surface area (TPSA) is 47.6 Å². The Morgan fingerprint density at radius 1 is 0.938 bits per heavy atom. The van der Waals surface area contributed by atoms with E-state index >= 15 is 0 Å². The molecule has 4 nitrogen and oxygen atoms in total. The Morgan fingerprint density at radius 3 is 2.56 bits per heavy atom. The van der Waals surface area contributed by atoms with Crippen molar-refractivity contribution in [3.63, 3.8) is 0 Å². The number of rotatable bonds is 5. The number of methoxy groups -OCH3 is 1. The minimum atomic E-state index is -0.0510. The van der Waals surface area contributed by atoms with Crippen molar-refractivity contribution < 1.29 is 14.3 Å². The highest BCUT2D eigenvalue weighted by molar-refractivity contribution is 6.01. The SMILES string of the molecule is COc1cc(C2CC(=O)Nc3ccc4ccccc4c32)ccc1OCc1ccc(C)cc1. The number of anilines is 1. The molecule has 0 spiro atoms. The summed E-state index contributed by atoms with van der Waals surface area (Å²) in [4.78, 5) is 12.5. The summed E-state index contributed by atoms with van der Waals surface area (Å²) in [5.41, 5.74) is 5.39. The largest absolute Gasteiger partial charge is 0.493 e. The van der Waals surface area contributed by atoms with Gasteiger partial charge in [-0.2, -0.15) is 0 Å². The Kier molecular flexibility index (Phi) is 5.28. The van der Waals surface area contributed by atoms with Crippen molar-refractivity contribution >= 4 is 22.4 Å². The van der Waals surface area contributed by atoms with Crippen LogP contribution in [0.25, 0.3) is 10.8 Å². The van der Waals surface area contributed by atoms with Gasteiger partial charge in [0.1, 0.15) is 6.61 Å². The highest BCUT2D eigenvalue weighted by atomic mass is 16.5. The number of carbonyl (C=O) groups excluding carboxylic acids is 1. The quantitative estimate of drug-likeness (QED) is 0.415. The summed E-state index contributed by atoms with van der Waals surface area (Å²) in [5.74, 6) is 1.33. The number of ether oxygens (including phenoxy) is 2. The first-order chi connectivity index (χ1) is 15.6. The number of benzene rings is 4. The molecule has 32 heavy (non-hydrogen) atoms. The van der Waals surface area contributed by atoms with Crippen molar-refractivity contribution in [3.8, 4) is 11.5 Å². The molecule has 0 saturated carbocycles. The molecule has 1 N–H and O–H groups in total. The summed E-state index contributed by atoms with van der Waals surface area (Å²) in [7, 11) is 1.65. The van der Waals surface area contributed by atoms with Crippen LogP contribution in [0.2, 0.25) is 0 Å². The minimum absolute atomic E-state index is 0.0245. The first-order valence-corrected chi connectivity index (χ1v) is 10.8. The molecule has 4 aromatic carbocycles. The average Bonchev–Trinajstić information content (AvgIpc) is 2.82. The van der Waals surface area contributed by atoms with Crippen LogP contribution in [-0.4, -0.2) is 13.0 Å². The number of fused-ring (bicyclic) bond motifs is 3. The number of hydrogen-bond acceptors (Lipinski definition) is 3. The number of aryl methyl sites for hydroxylation is 1. The smallest absolute Gasteiger partial charge is 0.225 e. The van der Waals surface area contributed by atoms with E-state index in [1.165, 1.54) is 5.56 Å². The molecule has 160 valence electrons. The third-order valence-corrected chi connectivity index (χ3v) is 6.09. The second kappa shape index (κ2) is 8.39. The summed E-state index contributed by atoms with van der Waals surface area (Å²) in [6.45, 7) is 2.54. The Hall–Kier alpha value is -3.79. The van der Waals surface area contributed by atoms with Gasteiger partial charge in [-0.05, 0) is 52.6 Å². The predicted octanol–water partition coefficient (Wildman–Crippen LogP) is 6.21. The standard InChI is InChI=1S/C28H25NO3/c1-18-7-9-19(10-8-18)17-32-25-14-12-21(15-26(25)31-2)23-16-27(30)29-24-13-11-20-5-3-4-6-22(20)28(23)24/h3-15,23H,16-17H2,1-2H3,(H,29,30). The highest BCUT2D eigenvalue weighted by Crippen LogP contribution is 2.43. The maximum absolute atomic E-state index is 12.5. The molecule has 4 heteroatoms. The van der Waals surface area contributed by atoms with Crippen LogP contribution in [0.15, 0.2) is 78.9 Å².